The van der Waals surface area contributed by atoms with Crippen LogP contribution in [0.2, 0.25) is 0 Å². The average molecular weight is 309 g/mol. The predicted octanol–water partition coefficient (Wildman–Crippen LogP) is 3.40. The summed E-state index contributed by atoms with van der Waals surface area (Å²) in [7, 11) is 0. The number of nitrogens with one attached hydrogen (secondary N) is 1. The normalized spacial score (nSPS) is 13.5. The molecule has 3 rings (SSSR count). The summed E-state index contributed by atoms with van der Waals surface area (Å²) >= 11 is 0.368. The molecule has 0 bridgehead atoms. The lowest BCUT2D eigenvalue weighted by atomic mass is 10.2. The van der Waals surface area contributed by atoms with E-state index in [0.717, 1.165) is 25.1 Å². The molecule has 0 spiro atoms. The van der Waals surface area contributed by atoms with Crippen LogP contribution in [0.4, 0.5) is 14.6 Å². The molecule has 0 unspecified atom stereocenters. The van der Waals surface area contributed by atoms with Crippen LogP contribution >= 0.6 is 11.8 Å². The number of benzene rings is 1. The highest BCUT2D eigenvalue weighted by atomic mass is 32.2. The monoisotopic (exact) mass is 309 g/mol. The lowest BCUT2D eigenvalue weighted by Gasteiger charge is -2.08. The second kappa shape index (κ2) is 5.85. The number of aryl methyl sites for hydroxylation is 2. The molecule has 1 N–H and O–H groups in total. The number of alkyl halides is 2. The number of carbonyl (C=O) groups is 1. The first kappa shape index (κ1) is 14.1. The second-order valence-electron chi connectivity index (χ2n) is 4.68. The summed E-state index contributed by atoms with van der Waals surface area (Å²) in [6.07, 6.45) is 2.01. The largest absolute Gasteiger partial charge is 0.305 e. The predicted molar refractivity (Wildman–Crippen MR) is 76.8 cm³/mol. The Morgan fingerprint density at radius 3 is 2.95 bits per heavy atom. The van der Waals surface area contributed by atoms with Gasteiger partial charge in [0, 0.05) is 23.2 Å². The average Bonchev–Trinajstić information content (AvgIpc) is 2.99. The Morgan fingerprint density at radius 2 is 2.19 bits per heavy atom. The molecule has 4 nitrogen and oxygen atoms in total. The van der Waals surface area contributed by atoms with E-state index >= 15 is 0 Å². The number of nitrogens with zero attached hydrogens (tertiary/aromatic N) is 2. The van der Waals surface area contributed by atoms with Crippen molar-refractivity contribution in [2.24, 2.45) is 0 Å². The summed E-state index contributed by atoms with van der Waals surface area (Å²) in [6, 6.07) is 8.15. The van der Waals surface area contributed by atoms with Gasteiger partial charge in [0.1, 0.15) is 0 Å². The van der Waals surface area contributed by atoms with Crippen molar-refractivity contribution < 1.29 is 13.6 Å². The number of fused-ring (bicyclic) bond motifs is 1. The van der Waals surface area contributed by atoms with E-state index in [1.54, 1.807) is 12.1 Å². The third kappa shape index (κ3) is 3.07. The van der Waals surface area contributed by atoms with Crippen LogP contribution in [-0.2, 0) is 13.0 Å². The van der Waals surface area contributed by atoms with Gasteiger partial charge in [-0.15, -0.1) is 0 Å². The van der Waals surface area contributed by atoms with Crippen molar-refractivity contribution in [3.8, 4) is 0 Å². The molecule has 0 aliphatic carbocycles. The molecular formula is C14H13F2N3OS. The van der Waals surface area contributed by atoms with Crippen molar-refractivity contribution in [3.63, 3.8) is 0 Å². The molecule has 1 aliphatic heterocycles. The molecule has 0 radical (unpaired) electrons. The van der Waals surface area contributed by atoms with Crippen LogP contribution in [-0.4, -0.2) is 21.4 Å². The lowest BCUT2D eigenvalue weighted by Crippen LogP contribution is -2.14. The topological polar surface area (TPSA) is 46.9 Å². The van der Waals surface area contributed by atoms with Crippen molar-refractivity contribution in [1.82, 2.24) is 9.78 Å². The van der Waals surface area contributed by atoms with Gasteiger partial charge in [-0.2, -0.15) is 13.9 Å². The van der Waals surface area contributed by atoms with Gasteiger partial charge < -0.3 is 5.32 Å². The number of anilines is 1. The maximum Gasteiger partial charge on any atom is 0.288 e. The molecule has 21 heavy (non-hydrogen) atoms. The molecule has 0 atom stereocenters. The summed E-state index contributed by atoms with van der Waals surface area (Å²) in [5.74, 6) is -2.52. The quantitative estimate of drug-likeness (QED) is 0.881. The zero-order chi connectivity index (χ0) is 14.8. The number of thioether (sulfide) groups is 1. The van der Waals surface area contributed by atoms with Crippen LogP contribution < -0.4 is 5.32 Å². The molecule has 2 heterocycles. The van der Waals surface area contributed by atoms with Crippen molar-refractivity contribution in [2.45, 2.75) is 30.0 Å². The van der Waals surface area contributed by atoms with Crippen LogP contribution in [0.1, 0.15) is 22.5 Å². The van der Waals surface area contributed by atoms with Crippen LogP contribution in [0.3, 0.4) is 0 Å². The fraction of sp³-hybridized carbons (Fsp3) is 0.286. The number of aromatic nitrogens is 2. The van der Waals surface area contributed by atoms with E-state index in [4.69, 9.17) is 0 Å². The third-order valence-electron chi connectivity index (χ3n) is 3.26. The Bertz CT molecular complexity index is 650. The van der Waals surface area contributed by atoms with Crippen LogP contribution in [0, 0.1) is 0 Å². The van der Waals surface area contributed by atoms with Gasteiger partial charge in [0.15, 0.2) is 5.82 Å². The molecule has 0 saturated heterocycles. The Kier molecular flexibility index (Phi) is 3.92. The fourth-order valence-corrected chi connectivity index (χ4v) is 2.99. The number of hydrogen-bond acceptors (Lipinski definition) is 3. The Labute approximate surface area is 124 Å². The molecule has 0 saturated carbocycles. The highest BCUT2D eigenvalue weighted by Gasteiger charge is 2.18. The maximum absolute atomic E-state index is 12.5. The van der Waals surface area contributed by atoms with E-state index in [-0.39, 0.29) is 10.5 Å². The first-order valence-electron chi connectivity index (χ1n) is 6.55. The molecule has 1 aliphatic rings. The van der Waals surface area contributed by atoms with Gasteiger partial charge in [0.25, 0.3) is 11.7 Å². The van der Waals surface area contributed by atoms with Gasteiger partial charge in [-0.3, -0.25) is 9.48 Å². The van der Waals surface area contributed by atoms with Gasteiger partial charge in [0.2, 0.25) is 0 Å². The standard InChI is InChI=1S/C14H13F2N3OS/c15-14(16)21-11-6-2-1-5-10(11)13(20)17-12-8-9-4-3-7-19(9)18-12/h1-2,5-6,8,14H,3-4,7H2,(H,17,18,20). The number of halogens is 2. The van der Waals surface area contributed by atoms with Gasteiger partial charge in [-0.1, -0.05) is 23.9 Å². The smallest absolute Gasteiger partial charge is 0.288 e. The molecule has 7 heteroatoms. The molecule has 1 aromatic heterocycles. The van der Waals surface area contributed by atoms with Crippen molar-refractivity contribution in [2.75, 3.05) is 5.32 Å². The zero-order valence-electron chi connectivity index (χ0n) is 11.1. The summed E-state index contributed by atoms with van der Waals surface area (Å²) in [4.78, 5) is 12.5. The van der Waals surface area contributed by atoms with Crippen LogP contribution in [0.5, 0.6) is 0 Å². The Balaban J connectivity index is 1.78. The molecule has 110 valence electrons. The van der Waals surface area contributed by atoms with Crippen LogP contribution in [0.15, 0.2) is 35.2 Å². The highest BCUT2D eigenvalue weighted by molar-refractivity contribution is 7.99. The minimum absolute atomic E-state index is 0.232. The third-order valence-corrected chi connectivity index (χ3v) is 4.04. The fourth-order valence-electron chi connectivity index (χ4n) is 2.36. The number of carbonyl (C=O) groups excluding carboxylic acids is 1. The van der Waals surface area contributed by atoms with Crippen molar-refractivity contribution >= 4 is 23.5 Å². The minimum Gasteiger partial charge on any atom is -0.305 e. The first-order valence-corrected chi connectivity index (χ1v) is 7.43. The SMILES string of the molecule is O=C(Nc1cc2n(n1)CCC2)c1ccccc1SC(F)F. The van der Waals surface area contributed by atoms with Gasteiger partial charge >= 0.3 is 0 Å². The molecule has 2 aromatic rings. The second-order valence-corrected chi connectivity index (χ2v) is 5.71. The van der Waals surface area contributed by atoms with E-state index < -0.39 is 11.7 Å². The first-order chi connectivity index (χ1) is 10.1. The van der Waals surface area contributed by atoms with E-state index in [9.17, 15) is 13.6 Å². The Hall–Kier alpha value is -1.89. The maximum atomic E-state index is 12.5. The van der Waals surface area contributed by atoms with Gasteiger partial charge in [-0.25, -0.2) is 0 Å². The Morgan fingerprint density at radius 1 is 1.38 bits per heavy atom. The number of rotatable bonds is 4. The number of hydrogen-bond donors (Lipinski definition) is 1. The lowest BCUT2D eigenvalue weighted by molar-refractivity contribution is 0.102. The van der Waals surface area contributed by atoms with E-state index in [0.29, 0.717) is 17.6 Å². The summed E-state index contributed by atoms with van der Waals surface area (Å²) in [5, 5.41) is 6.95. The highest BCUT2D eigenvalue weighted by Crippen LogP contribution is 2.29. The van der Waals surface area contributed by atoms with Crippen LogP contribution in [0.25, 0.3) is 0 Å². The van der Waals surface area contributed by atoms with Crippen molar-refractivity contribution in [3.05, 3.63) is 41.6 Å². The van der Waals surface area contributed by atoms with Gasteiger partial charge in [-0.05, 0) is 25.0 Å². The molecular weight excluding hydrogens is 296 g/mol. The van der Waals surface area contributed by atoms with E-state index in [1.807, 2.05) is 10.7 Å². The van der Waals surface area contributed by atoms with Crippen molar-refractivity contribution in [1.29, 1.82) is 0 Å². The minimum atomic E-state index is -2.56. The zero-order valence-corrected chi connectivity index (χ0v) is 11.9. The number of amides is 1. The molecule has 1 amide bonds. The summed E-state index contributed by atoms with van der Waals surface area (Å²) in [5.41, 5.74) is 1.32. The summed E-state index contributed by atoms with van der Waals surface area (Å²) in [6.45, 7) is 0.850. The van der Waals surface area contributed by atoms with E-state index in [2.05, 4.69) is 10.4 Å². The van der Waals surface area contributed by atoms with E-state index in [1.165, 1.54) is 12.1 Å². The molecule has 1 aromatic carbocycles. The summed E-state index contributed by atoms with van der Waals surface area (Å²) < 4.78 is 26.9. The van der Waals surface area contributed by atoms with Gasteiger partial charge in [0.05, 0.1) is 5.56 Å². The molecule has 0 fully saturated rings.